The van der Waals surface area contributed by atoms with Gasteiger partial charge < -0.3 is 15.2 Å². The lowest BCUT2D eigenvalue weighted by Crippen LogP contribution is -1.95. The zero-order valence-electron chi connectivity index (χ0n) is 9.05. The first kappa shape index (κ1) is 11.5. The highest BCUT2D eigenvalue weighted by Crippen LogP contribution is 2.28. The maximum absolute atomic E-state index is 5.90. The number of aromatic nitrogens is 2. The van der Waals surface area contributed by atoms with Crippen LogP contribution in [0.15, 0.2) is 30.5 Å². The SMILES string of the molecule is COc1ncc(Cl)c(Oc2ccc(N)cc2)n1. The second kappa shape index (κ2) is 4.88. The van der Waals surface area contributed by atoms with E-state index in [0.29, 0.717) is 16.5 Å². The fraction of sp³-hybridized carbons (Fsp3) is 0.0909. The van der Waals surface area contributed by atoms with Crippen LogP contribution in [-0.4, -0.2) is 17.1 Å². The smallest absolute Gasteiger partial charge is 0.319 e. The van der Waals surface area contributed by atoms with Crippen molar-refractivity contribution >= 4 is 17.3 Å². The van der Waals surface area contributed by atoms with Crippen LogP contribution in [-0.2, 0) is 0 Å². The minimum absolute atomic E-state index is 0.194. The maximum Gasteiger partial charge on any atom is 0.319 e. The van der Waals surface area contributed by atoms with Crippen molar-refractivity contribution in [1.29, 1.82) is 0 Å². The first-order valence-electron chi connectivity index (χ1n) is 4.79. The van der Waals surface area contributed by atoms with Crippen LogP contribution in [0.1, 0.15) is 0 Å². The van der Waals surface area contributed by atoms with Crippen LogP contribution in [0.2, 0.25) is 5.02 Å². The molecular formula is C11H10ClN3O2. The Kier molecular flexibility index (Phi) is 3.30. The highest BCUT2D eigenvalue weighted by molar-refractivity contribution is 6.31. The van der Waals surface area contributed by atoms with Gasteiger partial charge in [-0.1, -0.05) is 11.6 Å². The molecule has 0 unspecified atom stereocenters. The third-order valence-corrected chi connectivity index (χ3v) is 2.23. The van der Waals surface area contributed by atoms with Crippen molar-refractivity contribution in [2.75, 3.05) is 12.8 Å². The zero-order valence-corrected chi connectivity index (χ0v) is 9.81. The maximum atomic E-state index is 5.90. The van der Waals surface area contributed by atoms with Crippen molar-refractivity contribution < 1.29 is 9.47 Å². The van der Waals surface area contributed by atoms with Crippen LogP contribution in [0.25, 0.3) is 0 Å². The molecule has 0 aliphatic heterocycles. The lowest BCUT2D eigenvalue weighted by atomic mass is 10.3. The number of nitrogens with two attached hydrogens (primary N) is 1. The number of nitrogen functional groups attached to an aromatic ring is 1. The average molecular weight is 252 g/mol. The molecular weight excluding hydrogens is 242 g/mol. The summed E-state index contributed by atoms with van der Waals surface area (Å²) < 4.78 is 10.4. The quantitative estimate of drug-likeness (QED) is 0.849. The summed E-state index contributed by atoms with van der Waals surface area (Å²) in [6, 6.07) is 7.09. The Morgan fingerprint density at radius 1 is 1.24 bits per heavy atom. The average Bonchev–Trinajstić information content (AvgIpc) is 2.35. The van der Waals surface area contributed by atoms with Gasteiger partial charge in [-0.3, -0.25) is 0 Å². The number of ether oxygens (including phenoxy) is 2. The van der Waals surface area contributed by atoms with Crippen LogP contribution in [0.5, 0.6) is 17.6 Å². The predicted octanol–water partition coefficient (Wildman–Crippen LogP) is 2.51. The van der Waals surface area contributed by atoms with Gasteiger partial charge in [0, 0.05) is 5.69 Å². The number of anilines is 1. The molecule has 2 rings (SSSR count). The van der Waals surface area contributed by atoms with Gasteiger partial charge in [0.05, 0.1) is 13.3 Å². The molecule has 6 heteroatoms. The minimum atomic E-state index is 0.194. The predicted molar refractivity (Wildman–Crippen MR) is 64.5 cm³/mol. The Labute approximate surface area is 103 Å². The van der Waals surface area contributed by atoms with E-state index >= 15 is 0 Å². The van der Waals surface area contributed by atoms with Crippen LogP contribution in [0, 0.1) is 0 Å². The second-order valence-electron chi connectivity index (χ2n) is 3.18. The topological polar surface area (TPSA) is 70.3 Å². The highest BCUT2D eigenvalue weighted by Gasteiger charge is 2.08. The fourth-order valence-electron chi connectivity index (χ4n) is 1.15. The van der Waals surface area contributed by atoms with Gasteiger partial charge in [-0.2, -0.15) is 4.98 Å². The second-order valence-corrected chi connectivity index (χ2v) is 3.59. The van der Waals surface area contributed by atoms with E-state index < -0.39 is 0 Å². The number of methoxy groups -OCH3 is 1. The van der Waals surface area contributed by atoms with E-state index in [0.717, 1.165) is 0 Å². The molecule has 0 saturated heterocycles. The highest BCUT2D eigenvalue weighted by atomic mass is 35.5. The standard InChI is InChI=1S/C11H10ClN3O2/c1-16-11-14-6-9(12)10(15-11)17-8-4-2-7(13)3-5-8/h2-6H,13H2,1H3. The molecule has 0 amide bonds. The summed E-state index contributed by atoms with van der Waals surface area (Å²) in [7, 11) is 1.47. The summed E-state index contributed by atoms with van der Waals surface area (Å²) in [5.74, 6) is 0.824. The summed E-state index contributed by atoms with van der Waals surface area (Å²) in [6.45, 7) is 0. The lowest BCUT2D eigenvalue weighted by molar-refractivity contribution is 0.366. The van der Waals surface area contributed by atoms with Gasteiger partial charge in [-0.05, 0) is 24.3 Å². The van der Waals surface area contributed by atoms with Crippen LogP contribution in [0.4, 0.5) is 5.69 Å². The number of hydrogen-bond acceptors (Lipinski definition) is 5. The first-order chi connectivity index (χ1) is 8.19. The monoisotopic (exact) mass is 251 g/mol. The van der Waals surface area contributed by atoms with Gasteiger partial charge in [-0.25, -0.2) is 4.98 Å². The van der Waals surface area contributed by atoms with E-state index in [-0.39, 0.29) is 11.9 Å². The molecule has 5 nitrogen and oxygen atoms in total. The Morgan fingerprint density at radius 3 is 2.59 bits per heavy atom. The van der Waals surface area contributed by atoms with Crippen molar-refractivity contribution in [3.8, 4) is 17.6 Å². The van der Waals surface area contributed by atoms with E-state index in [9.17, 15) is 0 Å². The molecule has 0 spiro atoms. The summed E-state index contributed by atoms with van der Waals surface area (Å²) in [5, 5.41) is 0.308. The molecule has 0 fully saturated rings. The van der Waals surface area contributed by atoms with Gasteiger partial charge in [0.15, 0.2) is 0 Å². The Bertz CT molecular complexity index is 517. The molecule has 17 heavy (non-hydrogen) atoms. The number of nitrogens with zero attached hydrogens (tertiary/aromatic N) is 2. The van der Waals surface area contributed by atoms with E-state index in [1.165, 1.54) is 13.3 Å². The van der Waals surface area contributed by atoms with Gasteiger partial charge in [0.2, 0.25) is 5.88 Å². The van der Waals surface area contributed by atoms with E-state index in [1.54, 1.807) is 24.3 Å². The summed E-state index contributed by atoms with van der Waals surface area (Å²) in [6.07, 6.45) is 1.42. The molecule has 0 aliphatic rings. The van der Waals surface area contributed by atoms with Gasteiger partial charge in [-0.15, -0.1) is 0 Å². The summed E-state index contributed by atoms with van der Waals surface area (Å²) >= 11 is 5.90. The van der Waals surface area contributed by atoms with Gasteiger partial charge in [0.1, 0.15) is 10.8 Å². The summed E-state index contributed by atoms with van der Waals surface area (Å²) in [5.41, 5.74) is 6.22. The van der Waals surface area contributed by atoms with Gasteiger partial charge in [0.25, 0.3) is 0 Å². The van der Waals surface area contributed by atoms with Crippen LogP contribution < -0.4 is 15.2 Å². The molecule has 1 aromatic carbocycles. The summed E-state index contributed by atoms with van der Waals surface area (Å²) in [4.78, 5) is 7.84. The van der Waals surface area contributed by atoms with Gasteiger partial charge >= 0.3 is 6.01 Å². The van der Waals surface area contributed by atoms with Crippen molar-refractivity contribution in [3.63, 3.8) is 0 Å². The molecule has 2 N–H and O–H groups in total. The van der Waals surface area contributed by atoms with Crippen molar-refractivity contribution in [2.45, 2.75) is 0 Å². The molecule has 0 aliphatic carbocycles. The number of benzene rings is 1. The van der Waals surface area contributed by atoms with E-state index in [4.69, 9.17) is 26.8 Å². The fourth-order valence-corrected chi connectivity index (χ4v) is 1.28. The molecule has 0 saturated carbocycles. The van der Waals surface area contributed by atoms with E-state index in [1.807, 2.05) is 0 Å². The first-order valence-corrected chi connectivity index (χ1v) is 5.17. The third kappa shape index (κ3) is 2.76. The Balaban J connectivity index is 2.25. The minimum Gasteiger partial charge on any atom is -0.467 e. The molecule has 0 bridgehead atoms. The number of hydrogen-bond donors (Lipinski definition) is 1. The lowest BCUT2D eigenvalue weighted by Gasteiger charge is -2.07. The molecule has 0 radical (unpaired) electrons. The Morgan fingerprint density at radius 2 is 1.94 bits per heavy atom. The van der Waals surface area contributed by atoms with Crippen LogP contribution in [0.3, 0.4) is 0 Å². The van der Waals surface area contributed by atoms with Crippen molar-refractivity contribution in [2.24, 2.45) is 0 Å². The molecule has 1 aromatic heterocycles. The molecule has 1 heterocycles. The molecule has 0 atom stereocenters. The largest absolute Gasteiger partial charge is 0.467 e. The van der Waals surface area contributed by atoms with Crippen molar-refractivity contribution in [1.82, 2.24) is 9.97 Å². The zero-order chi connectivity index (χ0) is 12.3. The third-order valence-electron chi connectivity index (χ3n) is 1.97. The normalized spacial score (nSPS) is 10.0. The molecule has 88 valence electrons. The number of halogens is 1. The number of rotatable bonds is 3. The molecule has 2 aromatic rings. The Hall–Kier alpha value is -2.01. The van der Waals surface area contributed by atoms with Crippen LogP contribution >= 0.6 is 11.6 Å². The van der Waals surface area contributed by atoms with E-state index in [2.05, 4.69) is 9.97 Å². The van der Waals surface area contributed by atoms with Crippen molar-refractivity contribution in [3.05, 3.63) is 35.5 Å².